The zero-order valence-corrected chi connectivity index (χ0v) is 22.6. The summed E-state index contributed by atoms with van der Waals surface area (Å²) in [7, 11) is -3.59. The fraction of sp³-hybridized carbons (Fsp3) is 0.429. The minimum Gasteiger partial charge on any atom is -0.371 e. The molecule has 1 aliphatic rings. The quantitative estimate of drug-likeness (QED) is 0.359. The van der Waals surface area contributed by atoms with E-state index in [4.69, 9.17) is 11.6 Å². The van der Waals surface area contributed by atoms with E-state index >= 15 is 0 Å². The van der Waals surface area contributed by atoms with Crippen LogP contribution >= 0.6 is 11.6 Å². The Morgan fingerprint density at radius 2 is 1.81 bits per heavy atom. The molecule has 2 heterocycles. The maximum absolute atomic E-state index is 13.3. The SMILES string of the molecule is CCCCN(C(=O)CCS(=O)(=O)c1ccc2cc(Cl)ccc2c1)C1CCN(c2ccnc(C)c2)CC1. The summed E-state index contributed by atoms with van der Waals surface area (Å²) in [5.74, 6) is -0.263. The molecule has 8 heteroatoms. The van der Waals surface area contributed by atoms with Gasteiger partial charge in [0, 0.05) is 54.7 Å². The third-order valence-electron chi connectivity index (χ3n) is 6.94. The molecule has 0 atom stereocenters. The van der Waals surface area contributed by atoms with Crippen LogP contribution in [0.2, 0.25) is 5.02 Å². The number of aryl methyl sites for hydroxylation is 1. The number of carbonyl (C=O) groups excluding carboxylic acids is 1. The molecule has 1 aromatic heterocycles. The van der Waals surface area contributed by atoms with Crippen LogP contribution in [0.1, 0.15) is 44.7 Å². The molecule has 0 aliphatic carbocycles. The molecule has 0 radical (unpaired) electrons. The lowest BCUT2D eigenvalue weighted by molar-refractivity contribution is -0.133. The highest BCUT2D eigenvalue weighted by Gasteiger charge is 2.29. The number of hydrogen-bond acceptors (Lipinski definition) is 5. The number of halogens is 1. The summed E-state index contributed by atoms with van der Waals surface area (Å²) in [5, 5.41) is 2.31. The molecule has 4 rings (SSSR count). The van der Waals surface area contributed by atoms with Crippen molar-refractivity contribution in [2.24, 2.45) is 0 Å². The number of pyridine rings is 1. The van der Waals surface area contributed by atoms with Crippen LogP contribution in [0.25, 0.3) is 10.8 Å². The Balaban J connectivity index is 1.40. The maximum atomic E-state index is 13.3. The van der Waals surface area contributed by atoms with Crippen molar-refractivity contribution in [1.82, 2.24) is 9.88 Å². The molecular weight excluding hydrogens is 494 g/mol. The molecular formula is C28H34ClN3O3S. The van der Waals surface area contributed by atoms with Gasteiger partial charge in [0.1, 0.15) is 0 Å². The average Bonchev–Trinajstić information content (AvgIpc) is 2.87. The van der Waals surface area contributed by atoms with Crippen LogP contribution in [0.15, 0.2) is 59.6 Å². The van der Waals surface area contributed by atoms with Crippen LogP contribution in [-0.2, 0) is 14.6 Å². The van der Waals surface area contributed by atoms with E-state index in [2.05, 4.69) is 22.9 Å². The zero-order chi connectivity index (χ0) is 25.7. The van der Waals surface area contributed by atoms with Crippen LogP contribution in [0, 0.1) is 6.92 Å². The Kier molecular flexibility index (Phi) is 8.52. The van der Waals surface area contributed by atoms with Gasteiger partial charge in [0.15, 0.2) is 9.84 Å². The first-order valence-corrected chi connectivity index (χ1v) is 14.7. The fourth-order valence-electron chi connectivity index (χ4n) is 4.87. The van der Waals surface area contributed by atoms with Crippen molar-refractivity contribution in [2.45, 2.75) is 56.9 Å². The first-order chi connectivity index (χ1) is 17.3. The topological polar surface area (TPSA) is 70.6 Å². The number of anilines is 1. The number of unbranched alkanes of at least 4 members (excludes halogenated alkanes) is 1. The second-order valence-electron chi connectivity index (χ2n) is 9.54. The minimum absolute atomic E-state index is 0.00549. The van der Waals surface area contributed by atoms with Crippen LogP contribution in [0.4, 0.5) is 5.69 Å². The van der Waals surface area contributed by atoms with Crippen LogP contribution in [0.3, 0.4) is 0 Å². The monoisotopic (exact) mass is 527 g/mol. The molecule has 0 spiro atoms. The normalized spacial score (nSPS) is 14.8. The number of benzene rings is 2. The van der Waals surface area contributed by atoms with Crippen molar-refractivity contribution in [3.05, 3.63) is 65.4 Å². The first kappa shape index (κ1) is 26.4. The number of piperidine rings is 1. The van der Waals surface area contributed by atoms with E-state index in [-0.39, 0.29) is 29.0 Å². The van der Waals surface area contributed by atoms with Crippen molar-refractivity contribution in [3.63, 3.8) is 0 Å². The number of hydrogen-bond donors (Lipinski definition) is 0. The minimum atomic E-state index is -3.59. The predicted octanol–water partition coefficient (Wildman–Crippen LogP) is 5.66. The van der Waals surface area contributed by atoms with Crippen molar-refractivity contribution in [2.75, 3.05) is 30.3 Å². The van der Waals surface area contributed by atoms with Gasteiger partial charge in [-0.3, -0.25) is 9.78 Å². The molecule has 1 saturated heterocycles. The van der Waals surface area contributed by atoms with Crippen molar-refractivity contribution >= 4 is 43.8 Å². The largest absolute Gasteiger partial charge is 0.371 e. The van der Waals surface area contributed by atoms with E-state index in [9.17, 15) is 13.2 Å². The summed E-state index contributed by atoms with van der Waals surface area (Å²) in [4.78, 5) is 22.1. The molecule has 0 unspecified atom stereocenters. The lowest BCUT2D eigenvalue weighted by atomic mass is 10.0. The highest BCUT2D eigenvalue weighted by atomic mass is 35.5. The first-order valence-electron chi connectivity index (χ1n) is 12.7. The molecule has 6 nitrogen and oxygen atoms in total. The van der Waals surface area contributed by atoms with Crippen molar-refractivity contribution in [1.29, 1.82) is 0 Å². The summed E-state index contributed by atoms with van der Waals surface area (Å²) in [6.07, 6.45) is 5.47. The van der Waals surface area contributed by atoms with Gasteiger partial charge in [0.25, 0.3) is 0 Å². The van der Waals surface area contributed by atoms with Gasteiger partial charge in [-0.05, 0) is 73.4 Å². The predicted molar refractivity (Wildman–Crippen MR) is 146 cm³/mol. The summed E-state index contributed by atoms with van der Waals surface area (Å²) >= 11 is 6.04. The zero-order valence-electron chi connectivity index (χ0n) is 21.0. The molecule has 3 aromatic rings. The summed E-state index contributed by atoms with van der Waals surface area (Å²) in [6.45, 7) is 6.50. The van der Waals surface area contributed by atoms with E-state index < -0.39 is 9.84 Å². The Morgan fingerprint density at radius 1 is 1.08 bits per heavy atom. The Bertz CT molecular complexity index is 1320. The van der Waals surface area contributed by atoms with Gasteiger partial charge in [-0.25, -0.2) is 8.42 Å². The number of carbonyl (C=O) groups is 1. The Hall–Kier alpha value is -2.64. The van der Waals surface area contributed by atoms with E-state index in [1.165, 1.54) is 0 Å². The van der Waals surface area contributed by atoms with Crippen molar-refractivity contribution in [3.8, 4) is 0 Å². The molecule has 0 saturated carbocycles. The number of nitrogens with zero attached hydrogens (tertiary/aromatic N) is 3. The molecule has 1 aliphatic heterocycles. The number of rotatable bonds is 9. The van der Waals surface area contributed by atoms with Crippen LogP contribution < -0.4 is 4.90 Å². The smallest absolute Gasteiger partial charge is 0.223 e. The maximum Gasteiger partial charge on any atom is 0.223 e. The van der Waals surface area contributed by atoms with E-state index in [0.717, 1.165) is 60.9 Å². The van der Waals surface area contributed by atoms with E-state index in [0.29, 0.717) is 11.6 Å². The van der Waals surface area contributed by atoms with E-state index in [1.807, 2.05) is 36.2 Å². The van der Waals surface area contributed by atoms with Gasteiger partial charge in [0.05, 0.1) is 10.6 Å². The fourth-order valence-corrected chi connectivity index (χ4v) is 6.32. The van der Waals surface area contributed by atoms with Crippen LogP contribution in [-0.4, -0.2) is 55.6 Å². The van der Waals surface area contributed by atoms with Gasteiger partial charge in [-0.1, -0.05) is 37.1 Å². The number of sulfone groups is 1. The highest BCUT2D eigenvalue weighted by molar-refractivity contribution is 7.91. The molecule has 36 heavy (non-hydrogen) atoms. The summed E-state index contributed by atoms with van der Waals surface area (Å²) in [6, 6.07) is 14.7. The molecule has 192 valence electrons. The van der Waals surface area contributed by atoms with Crippen LogP contribution in [0.5, 0.6) is 0 Å². The van der Waals surface area contributed by atoms with Gasteiger partial charge in [-0.15, -0.1) is 0 Å². The summed E-state index contributed by atoms with van der Waals surface area (Å²) < 4.78 is 26.2. The molecule has 0 bridgehead atoms. The second-order valence-corrected chi connectivity index (χ2v) is 12.1. The summed E-state index contributed by atoms with van der Waals surface area (Å²) in [5.41, 5.74) is 2.15. The molecule has 2 aromatic carbocycles. The third-order valence-corrected chi connectivity index (χ3v) is 8.89. The van der Waals surface area contributed by atoms with Gasteiger partial charge < -0.3 is 9.80 Å². The Labute approximate surface area is 219 Å². The lowest BCUT2D eigenvalue weighted by Gasteiger charge is -2.39. The van der Waals surface area contributed by atoms with E-state index in [1.54, 1.807) is 24.3 Å². The average molecular weight is 528 g/mol. The lowest BCUT2D eigenvalue weighted by Crippen LogP contribution is -2.48. The van der Waals surface area contributed by atoms with Gasteiger partial charge >= 0.3 is 0 Å². The standard InChI is InChI=1S/C28H34ClN3O3S/c1-3-4-14-32(25-10-15-31(16-11-25)26-9-13-30-21(2)18-26)28(33)12-17-36(34,35)27-8-6-22-19-24(29)7-5-23(22)20-27/h5-9,13,18-20,25H,3-4,10-12,14-17H2,1-2H3. The van der Waals surface area contributed by atoms with Crippen molar-refractivity contribution < 1.29 is 13.2 Å². The molecule has 0 N–H and O–H groups in total. The molecule has 1 amide bonds. The number of fused-ring (bicyclic) bond motifs is 1. The van der Waals surface area contributed by atoms with Gasteiger partial charge in [-0.2, -0.15) is 0 Å². The second kappa shape index (κ2) is 11.6. The molecule has 1 fully saturated rings. The number of amides is 1. The number of aromatic nitrogens is 1. The third kappa shape index (κ3) is 6.37. The highest BCUT2D eigenvalue weighted by Crippen LogP contribution is 2.26. The Morgan fingerprint density at radius 3 is 2.53 bits per heavy atom. The van der Waals surface area contributed by atoms with Gasteiger partial charge in [0.2, 0.25) is 5.91 Å².